The first-order valence-corrected chi connectivity index (χ1v) is 8.87. The Bertz CT molecular complexity index is 927. The SMILES string of the molecule is Cc1nn(-c2ncc(C(=O)NC3CCC(O)CC3)cn2)c2ccccc12. The zero-order chi connectivity index (χ0) is 18.1. The van der Waals surface area contributed by atoms with Gasteiger partial charge in [0.25, 0.3) is 11.9 Å². The Balaban J connectivity index is 1.52. The van der Waals surface area contributed by atoms with E-state index in [1.54, 1.807) is 4.68 Å². The van der Waals surface area contributed by atoms with Crippen LogP contribution in [0.25, 0.3) is 16.9 Å². The van der Waals surface area contributed by atoms with Crippen molar-refractivity contribution >= 4 is 16.8 Å². The van der Waals surface area contributed by atoms with E-state index < -0.39 is 0 Å². The molecule has 2 aromatic heterocycles. The van der Waals surface area contributed by atoms with Crippen molar-refractivity contribution in [2.45, 2.75) is 44.8 Å². The number of hydrogen-bond acceptors (Lipinski definition) is 5. The van der Waals surface area contributed by atoms with Crippen molar-refractivity contribution in [3.8, 4) is 5.95 Å². The standard InChI is InChI=1S/C19H21N5O2/c1-12-16-4-2-3-5-17(16)24(23-12)19-20-10-13(11-21-19)18(26)22-14-6-8-15(25)9-7-14/h2-5,10-11,14-15,25H,6-9H2,1H3,(H,22,26). The van der Waals surface area contributed by atoms with Crippen LogP contribution in [-0.4, -0.2) is 42.9 Å². The number of aliphatic hydroxyl groups excluding tert-OH is 1. The molecule has 7 heteroatoms. The van der Waals surface area contributed by atoms with Gasteiger partial charge < -0.3 is 10.4 Å². The van der Waals surface area contributed by atoms with Crippen molar-refractivity contribution in [1.82, 2.24) is 25.1 Å². The van der Waals surface area contributed by atoms with Gasteiger partial charge >= 0.3 is 0 Å². The van der Waals surface area contributed by atoms with Crippen LogP contribution >= 0.6 is 0 Å². The summed E-state index contributed by atoms with van der Waals surface area (Å²) in [6.07, 6.45) is 5.87. The Kier molecular flexibility index (Phi) is 4.38. The van der Waals surface area contributed by atoms with Crippen LogP contribution < -0.4 is 5.32 Å². The fraction of sp³-hybridized carbons (Fsp3) is 0.368. The zero-order valence-corrected chi connectivity index (χ0v) is 14.6. The molecule has 1 fully saturated rings. The third kappa shape index (κ3) is 3.17. The smallest absolute Gasteiger partial charge is 0.254 e. The number of carbonyl (C=O) groups is 1. The summed E-state index contributed by atoms with van der Waals surface area (Å²) < 4.78 is 1.69. The number of amides is 1. The molecule has 7 nitrogen and oxygen atoms in total. The van der Waals surface area contributed by atoms with Gasteiger partial charge in [0, 0.05) is 23.8 Å². The van der Waals surface area contributed by atoms with Crippen molar-refractivity contribution < 1.29 is 9.90 Å². The van der Waals surface area contributed by atoms with Gasteiger partial charge in [0.15, 0.2) is 0 Å². The van der Waals surface area contributed by atoms with Crippen molar-refractivity contribution in [2.75, 3.05) is 0 Å². The first-order valence-electron chi connectivity index (χ1n) is 8.87. The van der Waals surface area contributed by atoms with E-state index in [9.17, 15) is 9.90 Å². The van der Waals surface area contributed by atoms with Crippen molar-refractivity contribution in [3.05, 3.63) is 47.9 Å². The second-order valence-corrected chi connectivity index (χ2v) is 6.77. The Morgan fingerprint density at radius 1 is 1.15 bits per heavy atom. The summed E-state index contributed by atoms with van der Waals surface area (Å²) in [5.74, 6) is 0.256. The van der Waals surface area contributed by atoms with Gasteiger partial charge in [-0.15, -0.1) is 0 Å². The minimum absolute atomic E-state index is 0.100. The van der Waals surface area contributed by atoms with Crippen LogP contribution in [-0.2, 0) is 0 Å². The van der Waals surface area contributed by atoms with Gasteiger partial charge in [-0.1, -0.05) is 18.2 Å². The highest BCUT2D eigenvalue weighted by Gasteiger charge is 2.21. The summed E-state index contributed by atoms with van der Waals surface area (Å²) in [4.78, 5) is 21.0. The lowest BCUT2D eigenvalue weighted by Crippen LogP contribution is -2.38. The molecule has 26 heavy (non-hydrogen) atoms. The zero-order valence-electron chi connectivity index (χ0n) is 14.6. The van der Waals surface area contributed by atoms with Gasteiger partial charge in [-0.25, -0.2) is 9.97 Å². The fourth-order valence-electron chi connectivity index (χ4n) is 3.41. The maximum absolute atomic E-state index is 12.4. The number of nitrogens with one attached hydrogen (secondary N) is 1. The van der Waals surface area contributed by atoms with E-state index in [2.05, 4.69) is 20.4 Å². The predicted octanol–water partition coefficient (Wildman–Crippen LogP) is 2.16. The van der Waals surface area contributed by atoms with Gasteiger partial charge in [0.05, 0.1) is 22.9 Å². The van der Waals surface area contributed by atoms with Crippen molar-refractivity contribution in [3.63, 3.8) is 0 Å². The second kappa shape index (κ2) is 6.84. The number of benzene rings is 1. The molecular weight excluding hydrogens is 330 g/mol. The van der Waals surface area contributed by atoms with Crippen LogP contribution in [0.4, 0.5) is 0 Å². The summed E-state index contributed by atoms with van der Waals surface area (Å²) >= 11 is 0. The minimum Gasteiger partial charge on any atom is -0.393 e. The van der Waals surface area contributed by atoms with E-state index in [1.165, 1.54) is 12.4 Å². The molecule has 0 radical (unpaired) electrons. The van der Waals surface area contributed by atoms with Gasteiger partial charge in [-0.3, -0.25) is 4.79 Å². The summed E-state index contributed by atoms with van der Waals surface area (Å²) in [5, 5.41) is 18.1. The molecule has 0 atom stereocenters. The first kappa shape index (κ1) is 16.7. The molecule has 0 unspecified atom stereocenters. The highest BCUT2D eigenvalue weighted by molar-refractivity contribution is 5.93. The van der Waals surface area contributed by atoms with Gasteiger partial charge in [0.1, 0.15) is 0 Å². The van der Waals surface area contributed by atoms with Crippen molar-refractivity contribution in [1.29, 1.82) is 0 Å². The third-order valence-corrected chi connectivity index (χ3v) is 4.89. The van der Waals surface area contributed by atoms with Crippen LogP contribution in [0.2, 0.25) is 0 Å². The maximum Gasteiger partial charge on any atom is 0.254 e. The van der Waals surface area contributed by atoms with E-state index in [0.29, 0.717) is 11.5 Å². The Morgan fingerprint density at radius 2 is 1.85 bits per heavy atom. The molecular formula is C19H21N5O2. The Labute approximate surface area is 151 Å². The Hall–Kier alpha value is -2.80. The summed E-state index contributed by atoms with van der Waals surface area (Å²) in [6.45, 7) is 1.95. The fourth-order valence-corrected chi connectivity index (χ4v) is 3.41. The number of rotatable bonds is 3. The van der Waals surface area contributed by atoms with E-state index in [0.717, 1.165) is 42.3 Å². The number of aryl methyl sites for hydroxylation is 1. The summed E-state index contributed by atoms with van der Waals surface area (Å²) in [5.41, 5.74) is 2.27. The minimum atomic E-state index is -0.238. The molecule has 0 saturated heterocycles. The molecule has 1 amide bonds. The van der Waals surface area contributed by atoms with Crippen LogP contribution in [0.1, 0.15) is 41.7 Å². The van der Waals surface area contributed by atoms with Crippen molar-refractivity contribution in [2.24, 2.45) is 0 Å². The molecule has 1 aliphatic rings. The lowest BCUT2D eigenvalue weighted by atomic mass is 9.93. The van der Waals surface area contributed by atoms with E-state index in [4.69, 9.17) is 0 Å². The van der Waals surface area contributed by atoms with Crippen LogP contribution in [0.5, 0.6) is 0 Å². The number of nitrogens with zero attached hydrogens (tertiary/aromatic N) is 4. The molecule has 3 aromatic rings. The van der Waals surface area contributed by atoms with Gasteiger partial charge in [-0.2, -0.15) is 9.78 Å². The average molecular weight is 351 g/mol. The van der Waals surface area contributed by atoms with E-state index >= 15 is 0 Å². The molecule has 1 saturated carbocycles. The lowest BCUT2D eigenvalue weighted by Gasteiger charge is -2.26. The van der Waals surface area contributed by atoms with Gasteiger partial charge in [-0.05, 0) is 38.7 Å². The molecule has 0 bridgehead atoms. The molecule has 134 valence electrons. The normalized spacial score (nSPS) is 20.2. The van der Waals surface area contributed by atoms with Crippen LogP contribution in [0.15, 0.2) is 36.7 Å². The topological polar surface area (TPSA) is 92.9 Å². The van der Waals surface area contributed by atoms with Crippen LogP contribution in [0, 0.1) is 6.92 Å². The maximum atomic E-state index is 12.4. The molecule has 0 spiro atoms. The van der Waals surface area contributed by atoms with E-state index in [-0.39, 0.29) is 18.1 Å². The number of para-hydroxylation sites is 1. The largest absolute Gasteiger partial charge is 0.393 e. The average Bonchev–Trinajstić information content (AvgIpc) is 3.01. The first-order chi connectivity index (χ1) is 12.6. The number of aliphatic hydroxyl groups is 1. The number of carbonyl (C=O) groups excluding carboxylic acids is 1. The molecule has 2 heterocycles. The van der Waals surface area contributed by atoms with Crippen LogP contribution in [0.3, 0.4) is 0 Å². The van der Waals surface area contributed by atoms with Gasteiger partial charge in [0.2, 0.25) is 0 Å². The number of fused-ring (bicyclic) bond motifs is 1. The second-order valence-electron chi connectivity index (χ2n) is 6.77. The molecule has 4 rings (SSSR count). The monoisotopic (exact) mass is 351 g/mol. The molecule has 2 N–H and O–H groups in total. The highest BCUT2D eigenvalue weighted by Crippen LogP contribution is 2.20. The number of aromatic nitrogens is 4. The summed E-state index contributed by atoms with van der Waals surface area (Å²) in [7, 11) is 0. The molecule has 1 aromatic carbocycles. The summed E-state index contributed by atoms with van der Waals surface area (Å²) in [6, 6.07) is 8.00. The highest BCUT2D eigenvalue weighted by atomic mass is 16.3. The lowest BCUT2D eigenvalue weighted by molar-refractivity contribution is 0.0867. The Morgan fingerprint density at radius 3 is 2.58 bits per heavy atom. The predicted molar refractivity (Wildman–Crippen MR) is 97.1 cm³/mol. The van der Waals surface area contributed by atoms with E-state index in [1.807, 2.05) is 31.2 Å². The quantitative estimate of drug-likeness (QED) is 0.754. The molecule has 0 aliphatic heterocycles. The molecule has 1 aliphatic carbocycles. The number of hydrogen-bond donors (Lipinski definition) is 2. The third-order valence-electron chi connectivity index (χ3n) is 4.89.